The number of anilines is 2. The van der Waals surface area contributed by atoms with Crippen LogP contribution in [0, 0.1) is 13.8 Å². The number of carbonyl (C=O) groups is 1. The smallest absolute Gasteiger partial charge is 0.257 e. The Bertz CT molecular complexity index is 982. The van der Waals surface area contributed by atoms with Crippen LogP contribution in [0.25, 0.3) is 0 Å². The maximum atomic E-state index is 12.4. The number of hydrogen-bond donors (Lipinski definition) is 2. The van der Waals surface area contributed by atoms with Gasteiger partial charge in [0, 0.05) is 23.6 Å². The van der Waals surface area contributed by atoms with Gasteiger partial charge < -0.3 is 10.6 Å². The third-order valence-electron chi connectivity index (χ3n) is 4.79. The Morgan fingerprint density at radius 1 is 1.07 bits per heavy atom. The van der Waals surface area contributed by atoms with E-state index in [4.69, 9.17) is 0 Å². The lowest BCUT2D eigenvalue weighted by Crippen LogP contribution is -2.22. The summed E-state index contributed by atoms with van der Waals surface area (Å²) < 4.78 is 1.99. The normalized spacial score (nSPS) is 12.5. The van der Waals surface area contributed by atoms with Crippen LogP contribution < -0.4 is 10.6 Å². The average Bonchev–Trinajstić information content (AvgIpc) is 3.06. The average molecular weight is 392 g/mol. The van der Waals surface area contributed by atoms with E-state index in [9.17, 15) is 4.79 Å². The minimum absolute atomic E-state index is 0.0471. The molecule has 152 valence electrons. The molecule has 2 N–H and O–H groups in total. The topological polar surface area (TPSA) is 71.8 Å². The second kappa shape index (κ2) is 8.07. The van der Waals surface area contributed by atoms with Crippen LogP contribution in [0.1, 0.15) is 60.9 Å². The van der Waals surface area contributed by atoms with Crippen LogP contribution in [0.4, 0.5) is 11.5 Å². The van der Waals surface area contributed by atoms with E-state index in [-0.39, 0.29) is 17.5 Å². The summed E-state index contributed by atoms with van der Waals surface area (Å²) in [5.74, 6) is 0.538. The van der Waals surface area contributed by atoms with Crippen LogP contribution in [-0.2, 0) is 5.54 Å². The number of benzene rings is 1. The first-order chi connectivity index (χ1) is 13.6. The van der Waals surface area contributed by atoms with Crippen molar-refractivity contribution in [2.75, 3.05) is 10.6 Å². The van der Waals surface area contributed by atoms with Gasteiger partial charge in [-0.15, -0.1) is 0 Å². The summed E-state index contributed by atoms with van der Waals surface area (Å²) >= 11 is 0. The number of aromatic nitrogens is 3. The molecule has 1 unspecified atom stereocenters. The first-order valence-electron chi connectivity index (χ1n) is 9.81. The van der Waals surface area contributed by atoms with E-state index in [1.165, 1.54) is 0 Å². The van der Waals surface area contributed by atoms with E-state index in [0.717, 1.165) is 22.5 Å². The van der Waals surface area contributed by atoms with E-state index in [2.05, 4.69) is 54.6 Å². The van der Waals surface area contributed by atoms with Crippen molar-refractivity contribution in [3.63, 3.8) is 0 Å². The minimum Gasteiger partial charge on any atom is -0.363 e. The number of nitrogens with zero attached hydrogens (tertiary/aromatic N) is 3. The number of rotatable bonds is 5. The highest BCUT2D eigenvalue weighted by atomic mass is 16.1. The van der Waals surface area contributed by atoms with Crippen LogP contribution in [0.2, 0.25) is 0 Å². The number of aryl methyl sites for hydroxylation is 2. The highest BCUT2D eigenvalue weighted by Gasteiger charge is 2.19. The fourth-order valence-corrected chi connectivity index (χ4v) is 3.00. The summed E-state index contributed by atoms with van der Waals surface area (Å²) in [6.07, 6.45) is 3.67. The van der Waals surface area contributed by atoms with Crippen molar-refractivity contribution in [2.24, 2.45) is 0 Å². The van der Waals surface area contributed by atoms with Gasteiger partial charge in [-0.1, -0.05) is 17.7 Å². The molecule has 0 spiro atoms. The maximum Gasteiger partial charge on any atom is 0.257 e. The number of carbonyl (C=O) groups excluding carboxylic acids is 1. The Balaban J connectivity index is 1.66. The van der Waals surface area contributed by atoms with E-state index < -0.39 is 0 Å². The Morgan fingerprint density at radius 3 is 2.31 bits per heavy atom. The maximum absolute atomic E-state index is 12.4. The molecule has 0 fully saturated rings. The van der Waals surface area contributed by atoms with Crippen molar-refractivity contribution in [1.82, 2.24) is 14.8 Å². The standard InChI is InChI=1S/C23H29N5O/c1-15-7-10-19(11-8-15)26-22(29)18-9-12-21(24-13-18)25-16(2)20-14-28(23(4,5)6)27-17(20)3/h7-14,16H,1-6H3,(H,24,25)(H,26,29). The zero-order valence-corrected chi connectivity index (χ0v) is 17.9. The van der Waals surface area contributed by atoms with Gasteiger partial charge in [0.2, 0.25) is 0 Å². The van der Waals surface area contributed by atoms with Crippen LogP contribution in [0.15, 0.2) is 48.8 Å². The zero-order valence-electron chi connectivity index (χ0n) is 17.9. The largest absolute Gasteiger partial charge is 0.363 e. The van der Waals surface area contributed by atoms with Crippen LogP contribution in [0.5, 0.6) is 0 Å². The molecule has 29 heavy (non-hydrogen) atoms. The molecule has 3 rings (SSSR count). The third-order valence-corrected chi connectivity index (χ3v) is 4.79. The molecule has 0 saturated heterocycles. The van der Waals surface area contributed by atoms with Gasteiger partial charge in [0.25, 0.3) is 5.91 Å². The molecular formula is C23H29N5O. The quantitative estimate of drug-likeness (QED) is 0.636. The molecule has 0 aliphatic carbocycles. The van der Waals surface area contributed by atoms with Gasteiger partial charge in [0.15, 0.2) is 0 Å². The third kappa shape index (κ3) is 5.02. The molecule has 6 nitrogen and oxygen atoms in total. The highest BCUT2D eigenvalue weighted by molar-refractivity contribution is 6.04. The summed E-state index contributed by atoms with van der Waals surface area (Å²) in [6.45, 7) is 12.5. The van der Waals surface area contributed by atoms with E-state index in [1.54, 1.807) is 12.3 Å². The predicted molar refractivity (Wildman–Crippen MR) is 117 cm³/mol. The van der Waals surface area contributed by atoms with Crippen LogP contribution in [-0.4, -0.2) is 20.7 Å². The Hall–Kier alpha value is -3.15. The number of nitrogens with one attached hydrogen (secondary N) is 2. The van der Waals surface area contributed by atoms with Crippen molar-refractivity contribution >= 4 is 17.4 Å². The van der Waals surface area contributed by atoms with Gasteiger partial charge in [0.05, 0.1) is 22.8 Å². The molecule has 2 aromatic heterocycles. The monoisotopic (exact) mass is 391 g/mol. The van der Waals surface area contributed by atoms with Gasteiger partial charge in [-0.05, 0) is 65.8 Å². The lowest BCUT2D eigenvalue weighted by molar-refractivity contribution is 0.102. The number of pyridine rings is 1. The molecule has 3 aromatic rings. The first kappa shape index (κ1) is 20.6. The second-order valence-electron chi connectivity index (χ2n) is 8.40. The molecule has 0 aliphatic rings. The molecule has 0 radical (unpaired) electrons. The summed E-state index contributed by atoms with van der Waals surface area (Å²) in [6, 6.07) is 11.3. The molecule has 1 aromatic carbocycles. The molecule has 1 atom stereocenters. The second-order valence-corrected chi connectivity index (χ2v) is 8.40. The number of amides is 1. The first-order valence-corrected chi connectivity index (χ1v) is 9.81. The molecule has 0 aliphatic heterocycles. The predicted octanol–water partition coefficient (Wildman–Crippen LogP) is 5.08. The molecule has 2 heterocycles. The van der Waals surface area contributed by atoms with Crippen LogP contribution >= 0.6 is 0 Å². The van der Waals surface area contributed by atoms with Gasteiger partial charge in [-0.25, -0.2) is 4.98 Å². The van der Waals surface area contributed by atoms with Gasteiger partial charge in [-0.2, -0.15) is 5.10 Å². The van der Waals surface area contributed by atoms with Gasteiger partial charge >= 0.3 is 0 Å². The minimum atomic E-state index is -0.178. The van der Waals surface area contributed by atoms with E-state index in [1.807, 2.05) is 48.9 Å². The van der Waals surface area contributed by atoms with Crippen molar-refractivity contribution in [2.45, 2.75) is 53.1 Å². The van der Waals surface area contributed by atoms with E-state index >= 15 is 0 Å². The fourth-order valence-electron chi connectivity index (χ4n) is 3.00. The molecule has 0 saturated carbocycles. The van der Waals surface area contributed by atoms with Crippen molar-refractivity contribution in [1.29, 1.82) is 0 Å². The summed E-state index contributed by atoms with van der Waals surface area (Å²) in [5.41, 5.74) is 4.49. The lowest BCUT2D eigenvalue weighted by atomic mass is 10.1. The van der Waals surface area contributed by atoms with Gasteiger partial charge in [-0.3, -0.25) is 9.48 Å². The highest BCUT2D eigenvalue weighted by Crippen LogP contribution is 2.24. The molecule has 0 bridgehead atoms. The Kier molecular flexibility index (Phi) is 5.73. The van der Waals surface area contributed by atoms with E-state index in [0.29, 0.717) is 11.4 Å². The Labute approximate surface area is 172 Å². The molecule has 1 amide bonds. The SMILES string of the molecule is Cc1ccc(NC(=O)c2ccc(NC(C)c3cn(C(C)(C)C)nc3C)nc2)cc1. The summed E-state index contributed by atoms with van der Waals surface area (Å²) in [4.78, 5) is 16.8. The van der Waals surface area contributed by atoms with Crippen molar-refractivity contribution in [3.8, 4) is 0 Å². The van der Waals surface area contributed by atoms with Gasteiger partial charge in [0.1, 0.15) is 5.82 Å². The lowest BCUT2D eigenvalue weighted by Gasteiger charge is -2.19. The number of hydrogen-bond acceptors (Lipinski definition) is 4. The molecular weight excluding hydrogens is 362 g/mol. The van der Waals surface area contributed by atoms with Crippen molar-refractivity contribution in [3.05, 3.63) is 71.2 Å². The zero-order chi connectivity index (χ0) is 21.2. The van der Waals surface area contributed by atoms with Crippen LogP contribution in [0.3, 0.4) is 0 Å². The summed E-state index contributed by atoms with van der Waals surface area (Å²) in [5, 5.41) is 10.9. The summed E-state index contributed by atoms with van der Waals surface area (Å²) in [7, 11) is 0. The van der Waals surface area contributed by atoms with Crippen molar-refractivity contribution < 1.29 is 4.79 Å². The fraction of sp³-hybridized carbons (Fsp3) is 0.348. The Morgan fingerprint density at radius 2 is 1.76 bits per heavy atom. The molecule has 6 heteroatoms.